The Morgan fingerprint density at radius 1 is 0.947 bits per heavy atom. The first-order valence-corrected chi connectivity index (χ1v) is 13.6. The van der Waals surface area contributed by atoms with Gasteiger partial charge in [0, 0.05) is 29.4 Å². The summed E-state index contributed by atoms with van der Waals surface area (Å²) >= 11 is 1.78. The van der Waals surface area contributed by atoms with Gasteiger partial charge in [-0.1, -0.05) is 18.2 Å². The summed E-state index contributed by atoms with van der Waals surface area (Å²) in [5, 5.41) is 9.01. The molecule has 1 heterocycles. The van der Waals surface area contributed by atoms with Crippen molar-refractivity contribution >= 4 is 23.4 Å². The van der Waals surface area contributed by atoms with E-state index in [9.17, 15) is 18.0 Å². The molecule has 38 heavy (non-hydrogen) atoms. The van der Waals surface area contributed by atoms with E-state index in [1.807, 2.05) is 12.1 Å². The molecule has 0 spiro atoms. The normalized spacial score (nSPS) is 15.0. The minimum Gasteiger partial charge on any atom is -0.482 e. The molecule has 1 aliphatic heterocycles. The third-order valence-electron chi connectivity index (χ3n) is 6.99. The third-order valence-corrected chi connectivity index (χ3v) is 8.14. The number of ether oxygens (including phenoxy) is 2. The van der Waals surface area contributed by atoms with E-state index in [2.05, 4.69) is 27.8 Å². The number of hydrogen-bond donors (Lipinski definition) is 1. The Bertz CT molecular complexity index is 1310. The summed E-state index contributed by atoms with van der Waals surface area (Å²) < 4.78 is 47.1. The van der Waals surface area contributed by atoms with Crippen LogP contribution in [0.1, 0.15) is 40.7 Å². The summed E-state index contributed by atoms with van der Waals surface area (Å²) in [5.74, 6) is 0.253. The van der Waals surface area contributed by atoms with Crippen LogP contribution < -0.4 is 14.4 Å². The zero-order valence-corrected chi connectivity index (χ0v) is 21.5. The third kappa shape index (κ3) is 6.20. The van der Waals surface area contributed by atoms with Crippen LogP contribution in [0.15, 0.2) is 59.5 Å². The van der Waals surface area contributed by atoms with E-state index in [1.165, 1.54) is 39.3 Å². The average molecular weight is 544 g/mol. The van der Waals surface area contributed by atoms with Gasteiger partial charge in [0.25, 0.3) is 0 Å². The standard InChI is InChI=1S/C29H28F3NO4S/c30-29(31,32)37-22-10-8-21(9-11-22)33-15-14-19-4-3-5-20(25(19)16-33)18-38-27-13-12-26(36-17-28(34)35)23-6-1-2-7-24(23)27/h3-5,8-13H,1-2,6-7,14-18H2,(H,34,35). The predicted molar refractivity (Wildman–Crippen MR) is 140 cm³/mol. The number of halogens is 3. The lowest BCUT2D eigenvalue weighted by atomic mass is 9.91. The minimum absolute atomic E-state index is 0.224. The van der Waals surface area contributed by atoms with E-state index in [1.54, 1.807) is 23.9 Å². The van der Waals surface area contributed by atoms with Gasteiger partial charge in [-0.25, -0.2) is 4.79 Å². The fourth-order valence-corrected chi connectivity index (χ4v) is 6.38. The molecule has 9 heteroatoms. The zero-order chi connectivity index (χ0) is 26.7. The Hall–Kier alpha value is -3.33. The lowest BCUT2D eigenvalue weighted by Crippen LogP contribution is -2.31. The molecular weight excluding hydrogens is 515 g/mol. The number of carbonyl (C=O) groups is 1. The molecule has 1 N–H and O–H groups in total. The van der Waals surface area contributed by atoms with Crippen LogP contribution in [0.2, 0.25) is 0 Å². The number of alkyl halides is 3. The van der Waals surface area contributed by atoms with E-state index < -0.39 is 12.3 Å². The van der Waals surface area contributed by atoms with Gasteiger partial charge in [-0.3, -0.25) is 0 Å². The predicted octanol–water partition coefficient (Wildman–Crippen LogP) is 6.78. The number of rotatable bonds is 8. The maximum absolute atomic E-state index is 12.5. The van der Waals surface area contributed by atoms with E-state index >= 15 is 0 Å². The van der Waals surface area contributed by atoms with Gasteiger partial charge in [0.1, 0.15) is 11.5 Å². The number of carboxylic acid groups (broad SMARTS) is 1. The van der Waals surface area contributed by atoms with Crippen molar-refractivity contribution in [2.45, 2.75) is 55.7 Å². The highest BCUT2D eigenvalue weighted by Gasteiger charge is 2.31. The quantitative estimate of drug-likeness (QED) is 0.316. The molecule has 0 amide bonds. The Morgan fingerprint density at radius 3 is 2.45 bits per heavy atom. The Morgan fingerprint density at radius 2 is 1.71 bits per heavy atom. The molecule has 3 aromatic carbocycles. The first-order chi connectivity index (χ1) is 18.3. The summed E-state index contributed by atoms with van der Waals surface area (Å²) in [6.07, 6.45) is 0.169. The van der Waals surface area contributed by atoms with Gasteiger partial charge in [0.15, 0.2) is 6.61 Å². The van der Waals surface area contributed by atoms with Crippen molar-refractivity contribution in [3.05, 3.63) is 82.4 Å². The lowest BCUT2D eigenvalue weighted by molar-refractivity contribution is -0.274. The second-order valence-corrected chi connectivity index (χ2v) is 10.5. The second kappa shape index (κ2) is 11.2. The summed E-state index contributed by atoms with van der Waals surface area (Å²) in [6.45, 7) is 1.13. The minimum atomic E-state index is -4.71. The van der Waals surface area contributed by atoms with Crippen LogP contribution in [0.4, 0.5) is 18.9 Å². The molecule has 0 atom stereocenters. The summed E-state index contributed by atoms with van der Waals surface area (Å²) in [5.41, 5.74) is 7.05. The highest BCUT2D eigenvalue weighted by Crippen LogP contribution is 2.39. The van der Waals surface area contributed by atoms with Crippen LogP contribution in [-0.4, -0.2) is 30.6 Å². The van der Waals surface area contributed by atoms with Crippen LogP contribution in [0, 0.1) is 0 Å². The number of benzene rings is 3. The molecule has 3 aromatic rings. The number of fused-ring (bicyclic) bond motifs is 2. The number of hydrogen-bond acceptors (Lipinski definition) is 5. The van der Waals surface area contributed by atoms with Gasteiger partial charge in [0.2, 0.25) is 0 Å². The highest BCUT2D eigenvalue weighted by molar-refractivity contribution is 7.98. The molecule has 0 bridgehead atoms. The summed E-state index contributed by atoms with van der Waals surface area (Å²) in [7, 11) is 0. The smallest absolute Gasteiger partial charge is 0.482 e. The van der Waals surface area contributed by atoms with E-state index in [-0.39, 0.29) is 12.4 Å². The molecule has 0 aromatic heterocycles. The number of thioether (sulfide) groups is 1. The van der Waals surface area contributed by atoms with Gasteiger partial charge in [-0.15, -0.1) is 24.9 Å². The summed E-state index contributed by atoms with van der Waals surface area (Å²) in [4.78, 5) is 14.4. The number of anilines is 1. The fraction of sp³-hybridized carbons (Fsp3) is 0.345. The molecule has 0 saturated heterocycles. The van der Waals surface area contributed by atoms with Crippen molar-refractivity contribution in [2.75, 3.05) is 18.1 Å². The monoisotopic (exact) mass is 543 g/mol. The maximum atomic E-state index is 12.5. The molecule has 0 fully saturated rings. The fourth-order valence-electron chi connectivity index (χ4n) is 5.23. The Balaban J connectivity index is 1.31. The van der Waals surface area contributed by atoms with Crippen molar-refractivity contribution in [1.29, 1.82) is 0 Å². The van der Waals surface area contributed by atoms with E-state index in [0.29, 0.717) is 12.3 Å². The van der Waals surface area contributed by atoms with Gasteiger partial charge in [-0.05, 0) is 96.3 Å². The molecule has 1 aliphatic carbocycles. The first kappa shape index (κ1) is 26.3. The van der Waals surface area contributed by atoms with E-state index in [4.69, 9.17) is 9.84 Å². The number of aliphatic carboxylic acids is 1. The van der Waals surface area contributed by atoms with Crippen LogP contribution in [0.3, 0.4) is 0 Å². The van der Waals surface area contributed by atoms with Gasteiger partial charge in [-0.2, -0.15) is 0 Å². The van der Waals surface area contributed by atoms with Crippen LogP contribution >= 0.6 is 11.8 Å². The number of nitrogens with zero attached hydrogens (tertiary/aromatic N) is 1. The largest absolute Gasteiger partial charge is 0.573 e. The summed E-state index contributed by atoms with van der Waals surface area (Å²) in [6, 6.07) is 16.4. The highest BCUT2D eigenvalue weighted by atomic mass is 32.2. The molecule has 200 valence electrons. The van der Waals surface area contributed by atoms with Crippen molar-refractivity contribution in [2.24, 2.45) is 0 Å². The van der Waals surface area contributed by atoms with Gasteiger partial charge in [0.05, 0.1) is 0 Å². The van der Waals surface area contributed by atoms with Crippen molar-refractivity contribution in [1.82, 2.24) is 0 Å². The Kier molecular flexibility index (Phi) is 7.74. The molecule has 5 rings (SSSR count). The SMILES string of the molecule is O=C(O)COc1ccc(SCc2cccc3c2CN(c2ccc(OC(F)(F)F)cc2)CC3)c2c1CCCC2. The zero-order valence-electron chi connectivity index (χ0n) is 20.7. The van der Waals surface area contributed by atoms with E-state index in [0.717, 1.165) is 55.7 Å². The van der Waals surface area contributed by atoms with Gasteiger partial charge >= 0.3 is 12.3 Å². The second-order valence-electron chi connectivity index (χ2n) is 9.47. The average Bonchev–Trinajstić information content (AvgIpc) is 2.90. The molecule has 0 unspecified atom stereocenters. The topological polar surface area (TPSA) is 59.0 Å². The molecule has 0 radical (unpaired) electrons. The van der Waals surface area contributed by atoms with Crippen molar-refractivity contribution < 1.29 is 32.5 Å². The van der Waals surface area contributed by atoms with Crippen LogP contribution in [-0.2, 0) is 36.4 Å². The number of carboxylic acids is 1. The molecule has 2 aliphatic rings. The molecule has 0 saturated carbocycles. The van der Waals surface area contributed by atoms with Gasteiger partial charge < -0.3 is 19.5 Å². The molecule has 5 nitrogen and oxygen atoms in total. The van der Waals surface area contributed by atoms with Crippen LogP contribution in [0.5, 0.6) is 11.5 Å². The lowest BCUT2D eigenvalue weighted by Gasteiger charge is -2.32. The first-order valence-electron chi connectivity index (χ1n) is 12.6. The maximum Gasteiger partial charge on any atom is 0.573 e. The Labute approximate surface area is 223 Å². The molecular formula is C29H28F3NO4S. The van der Waals surface area contributed by atoms with Crippen molar-refractivity contribution in [3.8, 4) is 11.5 Å². The van der Waals surface area contributed by atoms with Crippen LogP contribution in [0.25, 0.3) is 0 Å². The van der Waals surface area contributed by atoms with Crippen molar-refractivity contribution in [3.63, 3.8) is 0 Å².